The monoisotopic (exact) mass is 316 g/mol. The maximum absolute atomic E-state index is 8.89. The molecule has 0 amide bonds. The first kappa shape index (κ1) is 13.5. The van der Waals surface area contributed by atoms with Gasteiger partial charge in [-0.3, -0.25) is 0 Å². The first-order valence-electron chi connectivity index (χ1n) is 5.86. The molecule has 1 heterocycles. The van der Waals surface area contributed by atoms with Crippen LogP contribution in [0.3, 0.4) is 0 Å². The third-order valence-corrected chi connectivity index (χ3v) is 3.21. The van der Waals surface area contributed by atoms with Crippen molar-refractivity contribution in [3.8, 4) is 6.07 Å². The van der Waals surface area contributed by atoms with Crippen LogP contribution in [0.1, 0.15) is 29.9 Å². The summed E-state index contributed by atoms with van der Waals surface area (Å²) in [6.07, 6.45) is 0. The number of hydrogen-bond acceptors (Lipinski definition) is 4. The molecule has 0 aliphatic rings. The van der Waals surface area contributed by atoms with Crippen molar-refractivity contribution in [2.24, 2.45) is 0 Å². The summed E-state index contributed by atoms with van der Waals surface area (Å²) >= 11 is 3.41. The lowest BCUT2D eigenvalue weighted by atomic mass is 10.1. The zero-order chi connectivity index (χ0) is 13.8. The minimum Gasteiger partial charge on any atom is -0.348 e. The fourth-order valence-corrected chi connectivity index (χ4v) is 1.98. The van der Waals surface area contributed by atoms with E-state index in [0.717, 1.165) is 15.7 Å². The van der Waals surface area contributed by atoms with Crippen LogP contribution in [-0.2, 0) is 0 Å². The molecule has 1 atom stereocenters. The summed E-state index contributed by atoms with van der Waals surface area (Å²) < 4.78 is 1.04. The first-order valence-corrected chi connectivity index (χ1v) is 6.65. The normalized spacial score (nSPS) is 11.7. The van der Waals surface area contributed by atoms with Gasteiger partial charge in [-0.25, -0.2) is 9.97 Å². The van der Waals surface area contributed by atoms with E-state index in [-0.39, 0.29) is 6.04 Å². The van der Waals surface area contributed by atoms with Crippen LogP contribution in [0.5, 0.6) is 0 Å². The van der Waals surface area contributed by atoms with E-state index in [1.54, 1.807) is 6.07 Å². The molecule has 0 bridgehead atoms. The van der Waals surface area contributed by atoms with Crippen LogP contribution in [0.4, 0.5) is 5.95 Å². The molecule has 0 fully saturated rings. The Kier molecular flexibility index (Phi) is 4.13. The van der Waals surface area contributed by atoms with Crippen molar-refractivity contribution in [1.82, 2.24) is 9.97 Å². The van der Waals surface area contributed by atoms with E-state index in [1.807, 2.05) is 44.2 Å². The molecule has 4 nitrogen and oxygen atoms in total. The fraction of sp³-hybridized carbons (Fsp3) is 0.214. The topological polar surface area (TPSA) is 61.6 Å². The minimum atomic E-state index is 0.0708. The average Bonchev–Trinajstić information content (AvgIpc) is 2.38. The zero-order valence-electron chi connectivity index (χ0n) is 10.7. The first-order chi connectivity index (χ1) is 9.08. The van der Waals surface area contributed by atoms with Gasteiger partial charge in [0.1, 0.15) is 11.8 Å². The highest BCUT2D eigenvalue weighted by molar-refractivity contribution is 9.10. The largest absolute Gasteiger partial charge is 0.348 e. The summed E-state index contributed by atoms with van der Waals surface area (Å²) in [5.41, 5.74) is 2.28. The van der Waals surface area contributed by atoms with E-state index in [1.165, 1.54) is 0 Å². The molecule has 0 radical (unpaired) electrons. The lowest BCUT2D eigenvalue weighted by molar-refractivity contribution is 0.855. The highest BCUT2D eigenvalue weighted by atomic mass is 79.9. The number of hydrogen-bond donors (Lipinski definition) is 1. The summed E-state index contributed by atoms with van der Waals surface area (Å²) in [7, 11) is 0. The Morgan fingerprint density at radius 3 is 2.58 bits per heavy atom. The molecule has 2 aromatic rings. The predicted molar refractivity (Wildman–Crippen MR) is 77.7 cm³/mol. The van der Waals surface area contributed by atoms with Crippen molar-refractivity contribution in [3.05, 3.63) is 51.8 Å². The summed E-state index contributed by atoms with van der Waals surface area (Å²) in [5.74, 6) is 0.479. The molecule has 1 aromatic heterocycles. The second kappa shape index (κ2) is 5.81. The van der Waals surface area contributed by atoms with E-state index in [9.17, 15) is 0 Å². The van der Waals surface area contributed by atoms with Gasteiger partial charge in [0.2, 0.25) is 5.95 Å². The number of anilines is 1. The maximum Gasteiger partial charge on any atom is 0.224 e. The van der Waals surface area contributed by atoms with Gasteiger partial charge < -0.3 is 5.32 Å². The standard InChI is InChI=1S/C14H13BrN4/c1-9-7-13(8-16)19-14(17-9)18-10(2)11-3-5-12(15)6-4-11/h3-7,10H,1-2H3,(H,17,18,19). The van der Waals surface area contributed by atoms with Crippen LogP contribution in [0, 0.1) is 18.3 Å². The highest BCUT2D eigenvalue weighted by Crippen LogP contribution is 2.19. The van der Waals surface area contributed by atoms with Gasteiger partial charge in [-0.15, -0.1) is 0 Å². The molecule has 1 unspecified atom stereocenters. The van der Waals surface area contributed by atoms with Crippen molar-refractivity contribution >= 4 is 21.9 Å². The fourth-order valence-electron chi connectivity index (χ4n) is 1.72. The molecule has 1 aromatic carbocycles. The number of rotatable bonds is 3. The van der Waals surface area contributed by atoms with Crippen LogP contribution >= 0.6 is 15.9 Å². The number of halogens is 1. The third-order valence-electron chi connectivity index (χ3n) is 2.68. The van der Waals surface area contributed by atoms with Crippen LogP contribution < -0.4 is 5.32 Å². The molecule has 0 saturated heterocycles. The third kappa shape index (κ3) is 3.52. The Morgan fingerprint density at radius 2 is 1.95 bits per heavy atom. The molecule has 2 rings (SSSR count). The molecule has 0 saturated carbocycles. The Bertz CT molecular complexity index is 616. The van der Waals surface area contributed by atoms with Gasteiger partial charge in [0.05, 0.1) is 6.04 Å². The Labute approximate surface area is 120 Å². The Balaban J connectivity index is 2.19. The summed E-state index contributed by atoms with van der Waals surface area (Å²) in [5, 5.41) is 12.1. The molecule has 19 heavy (non-hydrogen) atoms. The van der Waals surface area contributed by atoms with Crippen LogP contribution in [0.25, 0.3) is 0 Å². The number of nitriles is 1. The molecule has 0 aliphatic heterocycles. The number of nitrogens with zero attached hydrogens (tertiary/aromatic N) is 3. The van der Waals surface area contributed by atoms with Gasteiger partial charge in [-0.1, -0.05) is 28.1 Å². The molecule has 1 N–H and O–H groups in total. The van der Waals surface area contributed by atoms with Crippen molar-refractivity contribution in [2.45, 2.75) is 19.9 Å². The van der Waals surface area contributed by atoms with Gasteiger partial charge in [0.25, 0.3) is 0 Å². The number of aromatic nitrogens is 2. The quantitative estimate of drug-likeness (QED) is 0.940. The van der Waals surface area contributed by atoms with Gasteiger partial charge in [0, 0.05) is 10.2 Å². The van der Waals surface area contributed by atoms with Gasteiger partial charge in [-0.2, -0.15) is 5.26 Å². The van der Waals surface area contributed by atoms with E-state index < -0.39 is 0 Å². The van der Waals surface area contributed by atoms with E-state index >= 15 is 0 Å². The lowest BCUT2D eigenvalue weighted by Crippen LogP contribution is -2.10. The van der Waals surface area contributed by atoms with Crippen LogP contribution in [0.15, 0.2) is 34.8 Å². The second-order valence-corrected chi connectivity index (χ2v) is 5.16. The Morgan fingerprint density at radius 1 is 1.26 bits per heavy atom. The van der Waals surface area contributed by atoms with Crippen LogP contribution in [0.2, 0.25) is 0 Å². The number of nitrogens with one attached hydrogen (secondary N) is 1. The molecular weight excluding hydrogens is 304 g/mol. The van der Waals surface area contributed by atoms with Crippen molar-refractivity contribution in [2.75, 3.05) is 5.32 Å². The molecule has 5 heteroatoms. The SMILES string of the molecule is Cc1cc(C#N)nc(NC(C)c2ccc(Br)cc2)n1. The van der Waals surface area contributed by atoms with Gasteiger partial charge in [-0.05, 0) is 37.6 Å². The van der Waals surface area contributed by atoms with Gasteiger partial charge >= 0.3 is 0 Å². The number of aryl methyl sites for hydroxylation is 1. The van der Waals surface area contributed by atoms with Crippen LogP contribution in [-0.4, -0.2) is 9.97 Å². The molecule has 0 aliphatic carbocycles. The van der Waals surface area contributed by atoms with Crippen molar-refractivity contribution in [1.29, 1.82) is 5.26 Å². The van der Waals surface area contributed by atoms with Gasteiger partial charge in [0.15, 0.2) is 0 Å². The van der Waals surface area contributed by atoms with E-state index in [0.29, 0.717) is 11.6 Å². The summed E-state index contributed by atoms with van der Waals surface area (Å²) in [6.45, 7) is 3.87. The smallest absolute Gasteiger partial charge is 0.224 e. The second-order valence-electron chi connectivity index (χ2n) is 4.25. The predicted octanol–water partition coefficient (Wildman–Crippen LogP) is 3.59. The highest BCUT2D eigenvalue weighted by Gasteiger charge is 2.08. The summed E-state index contributed by atoms with van der Waals surface area (Å²) in [6, 6.07) is 11.8. The maximum atomic E-state index is 8.89. The Hall–Kier alpha value is -1.93. The molecule has 96 valence electrons. The van der Waals surface area contributed by atoms with E-state index in [4.69, 9.17) is 5.26 Å². The molecular formula is C14H13BrN4. The van der Waals surface area contributed by atoms with Crippen molar-refractivity contribution in [3.63, 3.8) is 0 Å². The molecule has 0 spiro atoms. The zero-order valence-corrected chi connectivity index (χ0v) is 12.3. The van der Waals surface area contributed by atoms with Crippen molar-refractivity contribution < 1.29 is 0 Å². The minimum absolute atomic E-state index is 0.0708. The van der Waals surface area contributed by atoms with E-state index in [2.05, 4.69) is 31.2 Å². The number of benzene rings is 1. The summed E-state index contributed by atoms with van der Waals surface area (Å²) in [4.78, 5) is 8.42. The average molecular weight is 317 g/mol. The lowest BCUT2D eigenvalue weighted by Gasteiger charge is -2.14.